The summed E-state index contributed by atoms with van der Waals surface area (Å²) in [4.78, 5) is 0. The first-order valence-corrected chi connectivity index (χ1v) is 5.04. The van der Waals surface area contributed by atoms with Crippen molar-refractivity contribution >= 4 is 0 Å². The molecule has 1 rings (SSSR count). The molecule has 16 heavy (non-hydrogen) atoms. The molecule has 0 heterocycles. The maximum Gasteiger partial charge on any atom is 0.229 e. The van der Waals surface area contributed by atoms with E-state index in [-0.39, 0.29) is 24.2 Å². The average Bonchev–Trinajstić information content (AvgIpc) is 2.35. The van der Waals surface area contributed by atoms with Crippen molar-refractivity contribution in [3.8, 4) is 0 Å². The zero-order chi connectivity index (χ0) is 12.1. The molecular formula is C10H18N2O4. The van der Waals surface area contributed by atoms with Crippen LogP contribution in [0.2, 0.25) is 0 Å². The van der Waals surface area contributed by atoms with Gasteiger partial charge in [-0.05, 0) is 5.57 Å². The first-order chi connectivity index (χ1) is 7.67. The number of ether oxygens (including phenoxy) is 3. The monoisotopic (exact) mass is 230 g/mol. The summed E-state index contributed by atoms with van der Waals surface area (Å²) in [6, 6.07) is 0. The second-order valence-electron chi connectivity index (χ2n) is 3.70. The minimum atomic E-state index is -0.251. The van der Waals surface area contributed by atoms with Crippen molar-refractivity contribution in [2.75, 3.05) is 21.3 Å². The van der Waals surface area contributed by atoms with E-state index in [0.29, 0.717) is 18.4 Å². The molecule has 0 aliphatic heterocycles. The second kappa shape index (κ2) is 5.93. The third-order valence-electron chi connectivity index (χ3n) is 2.93. The van der Waals surface area contributed by atoms with Gasteiger partial charge in [-0.1, -0.05) is 0 Å². The van der Waals surface area contributed by atoms with Gasteiger partial charge in [0.2, 0.25) is 5.88 Å². The van der Waals surface area contributed by atoms with E-state index in [9.17, 15) is 5.11 Å². The van der Waals surface area contributed by atoms with Gasteiger partial charge in [-0.25, -0.2) is 5.53 Å². The molecule has 0 bridgehead atoms. The van der Waals surface area contributed by atoms with Gasteiger partial charge in [-0.2, -0.15) is 0 Å². The van der Waals surface area contributed by atoms with E-state index < -0.39 is 0 Å². The summed E-state index contributed by atoms with van der Waals surface area (Å²) >= 11 is 0. The van der Waals surface area contributed by atoms with Gasteiger partial charge < -0.3 is 19.3 Å². The SMILES string of the molecule is COC1CC(=C(O)N=N)CC(OC)C1OC. The Bertz CT molecular complexity index is 264. The van der Waals surface area contributed by atoms with Crippen molar-refractivity contribution in [2.24, 2.45) is 5.11 Å². The van der Waals surface area contributed by atoms with Gasteiger partial charge in [0, 0.05) is 34.2 Å². The molecule has 0 radical (unpaired) electrons. The largest absolute Gasteiger partial charge is 0.492 e. The predicted octanol–water partition coefficient (Wildman–Crippen LogP) is 1.63. The summed E-state index contributed by atoms with van der Waals surface area (Å²) in [6.07, 6.45) is 0.453. The molecule has 1 fully saturated rings. The highest BCUT2D eigenvalue weighted by Crippen LogP contribution is 2.31. The second-order valence-corrected chi connectivity index (χ2v) is 3.70. The van der Waals surface area contributed by atoms with Gasteiger partial charge in [0.05, 0.1) is 12.2 Å². The van der Waals surface area contributed by atoms with Gasteiger partial charge in [0.25, 0.3) is 0 Å². The highest BCUT2D eigenvalue weighted by atomic mass is 16.6. The van der Waals surface area contributed by atoms with Gasteiger partial charge >= 0.3 is 0 Å². The predicted molar refractivity (Wildman–Crippen MR) is 56.4 cm³/mol. The number of aliphatic hydroxyl groups is 1. The van der Waals surface area contributed by atoms with Crippen LogP contribution in [0.3, 0.4) is 0 Å². The minimum absolute atomic E-state index is 0.169. The Morgan fingerprint density at radius 1 is 1.19 bits per heavy atom. The normalized spacial score (nSPS) is 30.2. The van der Waals surface area contributed by atoms with Crippen LogP contribution >= 0.6 is 0 Å². The quantitative estimate of drug-likeness (QED) is 0.567. The molecular weight excluding hydrogens is 212 g/mol. The van der Waals surface area contributed by atoms with Crippen LogP contribution in [-0.4, -0.2) is 44.7 Å². The van der Waals surface area contributed by atoms with E-state index in [4.69, 9.17) is 19.7 Å². The van der Waals surface area contributed by atoms with Crippen molar-refractivity contribution in [1.82, 2.24) is 0 Å². The van der Waals surface area contributed by atoms with Gasteiger partial charge in [0.1, 0.15) is 6.10 Å². The lowest BCUT2D eigenvalue weighted by molar-refractivity contribution is -0.118. The van der Waals surface area contributed by atoms with E-state index >= 15 is 0 Å². The number of hydrogen-bond acceptors (Lipinski definition) is 6. The lowest BCUT2D eigenvalue weighted by atomic mass is 9.87. The topological polar surface area (TPSA) is 84.1 Å². The first-order valence-electron chi connectivity index (χ1n) is 5.04. The molecule has 0 aromatic rings. The molecule has 2 unspecified atom stereocenters. The van der Waals surface area contributed by atoms with Crippen LogP contribution in [0.25, 0.3) is 0 Å². The van der Waals surface area contributed by atoms with Crippen molar-refractivity contribution < 1.29 is 19.3 Å². The van der Waals surface area contributed by atoms with E-state index in [2.05, 4.69) is 5.11 Å². The Kier molecular flexibility index (Phi) is 4.85. The maximum absolute atomic E-state index is 9.44. The third kappa shape index (κ3) is 2.58. The number of nitrogens with zero attached hydrogens (tertiary/aromatic N) is 1. The molecule has 1 aliphatic rings. The molecule has 1 aliphatic carbocycles. The number of nitrogens with one attached hydrogen (secondary N) is 1. The Morgan fingerprint density at radius 2 is 1.69 bits per heavy atom. The van der Waals surface area contributed by atoms with Crippen LogP contribution in [0.4, 0.5) is 0 Å². The number of aliphatic hydroxyl groups excluding tert-OH is 1. The summed E-state index contributed by atoms with van der Waals surface area (Å²) < 4.78 is 15.9. The molecule has 0 spiro atoms. The summed E-state index contributed by atoms with van der Waals surface area (Å²) in [7, 11) is 4.77. The zero-order valence-electron chi connectivity index (χ0n) is 9.77. The average molecular weight is 230 g/mol. The fraction of sp³-hybridized carbons (Fsp3) is 0.800. The van der Waals surface area contributed by atoms with Crippen molar-refractivity contribution in [3.63, 3.8) is 0 Å². The van der Waals surface area contributed by atoms with E-state index in [1.807, 2.05) is 0 Å². The number of hydrogen-bond donors (Lipinski definition) is 2. The Morgan fingerprint density at radius 3 is 2.00 bits per heavy atom. The molecule has 2 N–H and O–H groups in total. The van der Waals surface area contributed by atoms with Gasteiger partial charge in [-0.3, -0.25) is 0 Å². The van der Waals surface area contributed by atoms with Crippen molar-refractivity contribution in [3.05, 3.63) is 11.5 Å². The molecule has 0 aromatic heterocycles. The van der Waals surface area contributed by atoms with Gasteiger partial charge in [0.15, 0.2) is 0 Å². The van der Waals surface area contributed by atoms with Gasteiger partial charge in [-0.15, -0.1) is 5.11 Å². The van der Waals surface area contributed by atoms with Crippen LogP contribution < -0.4 is 0 Å². The molecule has 0 amide bonds. The van der Waals surface area contributed by atoms with Crippen LogP contribution in [0.1, 0.15) is 12.8 Å². The summed E-state index contributed by atoms with van der Waals surface area (Å²) in [5, 5.41) is 12.5. The molecule has 6 heteroatoms. The Hall–Kier alpha value is -0.980. The fourth-order valence-corrected chi connectivity index (χ4v) is 2.04. The fourth-order valence-electron chi connectivity index (χ4n) is 2.04. The highest BCUT2D eigenvalue weighted by molar-refractivity contribution is 5.14. The third-order valence-corrected chi connectivity index (χ3v) is 2.93. The van der Waals surface area contributed by atoms with Crippen LogP contribution in [0.15, 0.2) is 16.6 Å². The highest BCUT2D eigenvalue weighted by Gasteiger charge is 2.37. The zero-order valence-corrected chi connectivity index (χ0v) is 9.77. The van der Waals surface area contributed by atoms with E-state index in [1.165, 1.54) is 0 Å². The smallest absolute Gasteiger partial charge is 0.229 e. The molecule has 2 atom stereocenters. The van der Waals surface area contributed by atoms with E-state index in [1.54, 1.807) is 21.3 Å². The molecule has 0 aromatic carbocycles. The Labute approximate surface area is 94.7 Å². The first kappa shape index (κ1) is 13.1. The minimum Gasteiger partial charge on any atom is -0.492 e. The Balaban J connectivity index is 2.90. The van der Waals surface area contributed by atoms with Crippen molar-refractivity contribution in [1.29, 1.82) is 5.53 Å². The summed E-state index contributed by atoms with van der Waals surface area (Å²) in [5.74, 6) is -0.251. The molecule has 0 saturated heterocycles. The molecule has 6 nitrogen and oxygen atoms in total. The summed E-state index contributed by atoms with van der Waals surface area (Å²) in [5.41, 5.74) is 7.46. The van der Waals surface area contributed by atoms with Crippen LogP contribution in [-0.2, 0) is 14.2 Å². The van der Waals surface area contributed by atoms with Crippen LogP contribution in [0.5, 0.6) is 0 Å². The number of methoxy groups -OCH3 is 3. The standard InChI is InChI=1S/C10H18N2O4/c1-14-7-4-6(10(13)12-11)5-8(15-2)9(7)16-3/h7-9,11,13H,4-5H2,1-3H3. The number of rotatable bonds is 4. The summed E-state index contributed by atoms with van der Waals surface area (Å²) in [6.45, 7) is 0. The lowest BCUT2D eigenvalue weighted by Crippen LogP contribution is -2.45. The van der Waals surface area contributed by atoms with E-state index in [0.717, 1.165) is 0 Å². The molecule has 92 valence electrons. The molecule has 1 saturated carbocycles. The van der Waals surface area contributed by atoms with Crippen molar-refractivity contribution in [2.45, 2.75) is 31.2 Å². The lowest BCUT2D eigenvalue weighted by Gasteiger charge is -2.36. The van der Waals surface area contributed by atoms with Crippen LogP contribution in [0, 0.1) is 5.53 Å². The maximum atomic E-state index is 9.44.